The van der Waals surface area contributed by atoms with E-state index >= 15 is 0 Å². The van der Waals surface area contributed by atoms with E-state index in [2.05, 4.69) is 39.2 Å². The number of carbonyl (C=O) groups excluding carboxylic acids is 1. The van der Waals surface area contributed by atoms with Crippen molar-refractivity contribution in [2.45, 2.75) is 71.8 Å². The van der Waals surface area contributed by atoms with Crippen molar-refractivity contribution in [3.63, 3.8) is 0 Å². The van der Waals surface area contributed by atoms with Crippen LogP contribution < -0.4 is 5.32 Å². The lowest BCUT2D eigenvalue weighted by Gasteiger charge is -2.41. The Hall–Kier alpha value is -1.08. The van der Waals surface area contributed by atoms with Crippen molar-refractivity contribution >= 4 is 20.3 Å². The minimum atomic E-state index is -2.12. The van der Waals surface area contributed by atoms with Gasteiger partial charge in [0.25, 0.3) is 0 Å². The first-order valence-corrected chi connectivity index (χ1v) is 11.0. The van der Waals surface area contributed by atoms with Gasteiger partial charge in [-0.3, -0.25) is 4.79 Å². The van der Waals surface area contributed by atoms with Gasteiger partial charge in [-0.1, -0.05) is 27.7 Å². The van der Waals surface area contributed by atoms with Crippen LogP contribution in [0.3, 0.4) is 0 Å². The third-order valence-corrected chi connectivity index (χ3v) is 8.94. The van der Waals surface area contributed by atoms with Crippen LogP contribution in [-0.4, -0.2) is 56.1 Å². The highest BCUT2D eigenvalue weighted by molar-refractivity contribution is 6.74. The van der Waals surface area contributed by atoms with Crippen LogP contribution in [0.5, 0.6) is 0 Å². The molecule has 0 aromatic carbocycles. The predicted molar refractivity (Wildman–Crippen MR) is 95.2 cm³/mol. The van der Waals surface area contributed by atoms with Crippen LogP contribution in [0.15, 0.2) is 0 Å². The van der Waals surface area contributed by atoms with E-state index < -0.39 is 26.4 Å². The van der Waals surface area contributed by atoms with E-state index in [0.29, 0.717) is 0 Å². The number of nitrogens with zero attached hydrogens (tertiary/aromatic N) is 1. The third kappa shape index (κ3) is 6.91. The van der Waals surface area contributed by atoms with E-state index in [9.17, 15) is 9.59 Å². The molecular formula is C16H34N2O4Si. The van der Waals surface area contributed by atoms with Crippen molar-refractivity contribution in [2.24, 2.45) is 5.92 Å². The van der Waals surface area contributed by atoms with Crippen LogP contribution in [0.4, 0.5) is 4.79 Å². The molecule has 7 heteroatoms. The quantitative estimate of drug-likeness (QED) is 0.694. The monoisotopic (exact) mass is 346 g/mol. The molecule has 0 saturated carbocycles. The van der Waals surface area contributed by atoms with Crippen LogP contribution in [0.25, 0.3) is 0 Å². The van der Waals surface area contributed by atoms with Crippen LogP contribution in [0.2, 0.25) is 18.1 Å². The molecule has 0 rings (SSSR count). The van der Waals surface area contributed by atoms with Gasteiger partial charge in [-0.05, 0) is 32.0 Å². The Bertz CT molecular complexity index is 419. The fourth-order valence-electron chi connectivity index (χ4n) is 1.79. The highest BCUT2D eigenvalue weighted by Gasteiger charge is 2.41. The smallest absolute Gasteiger partial charge is 0.407 e. The molecule has 0 heterocycles. The van der Waals surface area contributed by atoms with Gasteiger partial charge >= 0.3 is 6.09 Å². The maximum Gasteiger partial charge on any atom is 0.407 e. The third-order valence-electron chi connectivity index (χ3n) is 4.43. The van der Waals surface area contributed by atoms with Gasteiger partial charge in [-0.25, -0.2) is 4.79 Å². The molecule has 0 fully saturated rings. The molecule has 0 aliphatic carbocycles. The Morgan fingerprint density at radius 2 is 1.70 bits per heavy atom. The molecule has 0 saturated heterocycles. The molecular weight excluding hydrogens is 312 g/mol. The summed E-state index contributed by atoms with van der Waals surface area (Å²) in [6.45, 7) is 16.3. The van der Waals surface area contributed by atoms with Crippen LogP contribution in [0.1, 0.15) is 41.5 Å². The second-order valence-corrected chi connectivity index (χ2v) is 12.8. The number of rotatable bonds is 7. The number of carboxylic acid groups (broad SMARTS) is 1. The number of amides is 2. The molecule has 2 N–H and O–H groups in total. The van der Waals surface area contributed by atoms with E-state index in [0.717, 1.165) is 0 Å². The van der Waals surface area contributed by atoms with Crippen molar-refractivity contribution in [3.8, 4) is 0 Å². The van der Waals surface area contributed by atoms with E-state index in [4.69, 9.17) is 9.53 Å². The summed E-state index contributed by atoms with van der Waals surface area (Å²) in [6.07, 6.45) is -1.49. The lowest BCUT2D eigenvalue weighted by atomic mass is 10.0. The largest absolute Gasteiger partial charge is 0.465 e. The molecule has 0 bridgehead atoms. The number of likely N-dealkylation sites (N-methyl/N-ethyl adjacent to an activating group) is 1. The zero-order valence-electron chi connectivity index (χ0n) is 16.1. The van der Waals surface area contributed by atoms with E-state index in [1.165, 1.54) is 11.9 Å². The van der Waals surface area contributed by atoms with Crippen LogP contribution in [0, 0.1) is 5.92 Å². The Labute approximate surface area is 141 Å². The normalized spacial score (nSPS) is 15.2. The lowest BCUT2D eigenvalue weighted by Crippen LogP contribution is -2.52. The number of nitrogens with one attached hydrogen (secondary N) is 1. The maximum absolute atomic E-state index is 12.3. The van der Waals surface area contributed by atoms with Crippen molar-refractivity contribution in [3.05, 3.63) is 0 Å². The molecule has 0 spiro atoms. The highest BCUT2D eigenvalue weighted by Crippen LogP contribution is 2.38. The van der Waals surface area contributed by atoms with Crippen LogP contribution >= 0.6 is 0 Å². The maximum atomic E-state index is 12.3. The van der Waals surface area contributed by atoms with Gasteiger partial charge in [0.1, 0.15) is 0 Å². The average Bonchev–Trinajstić information content (AvgIpc) is 2.34. The summed E-state index contributed by atoms with van der Waals surface area (Å²) in [5.41, 5.74) is 0. The lowest BCUT2D eigenvalue weighted by molar-refractivity contribution is -0.128. The first-order chi connectivity index (χ1) is 10.2. The molecule has 2 atom stereocenters. The Balaban J connectivity index is 5.31. The first-order valence-electron chi connectivity index (χ1n) is 8.11. The van der Waals surface area contributed by atoms with Gasteiger partial charge in [0.05, 0.1) is 12.0 Å². The molecule has 6 nitrogen and oxygen atoms in total. The summed E-state index contributed by atoms with van der Waals surface area (Å²) in [5.74, 6) is -0.532. The van der Waals surface area contributed by atoms with Crippen molar-refractivity contribution in [1.29, 1.82) is 0 Å². The molecule has 23 heavy (non-hydrogen) atoms. The van der Waals surface area contributed by atoms with Gasteiger partial charge < -0.3 is 19.7 Å². The van der Waals surface area contributed by atoms with Gasteiger partial charge in [-0.15, -0.1) is 0 Å². The SMILES string of the molecule is CC(C)NC(=O)[C@H](C)[C@H](CN(C)C(=O)O)O[Si](C)(C)C(C)(C)C. The Kier molecular flexibility index (Phi) is 7.76. The molecule has 136 valence electrons. The number of hydrogen-bond donors (Lipinski definition) is 2. The van der Waals surface area contributed by atoms with E-state index in [-0.39, 0.29) is 23.5 Å². The molecule has 0 radical (unpaired) electrons. The zero-order chi connectivity index (χ0) is 18.6. The summed E-state index contributed by atoms with van der Waals surface area (Å²) in [6, 6.07) is 0.0377. The topological polar surface area (TPSA) is 78.9 Å². The summed E-state index contributed by atoms with van der Waals surface area (Å²) >= 11 is 0. The van der Waals surface area contributed by atoms with Crippen molar-refractivity contribution < 1.29 is 19.1 Å². The van der Waals surface area contributed by atoms with Crippen molar-refractivity contribution in [1.82, 2.24) is 10.2 Å². The Morgan fingerprint density at radius 3 is 2.04 bits per heavy atom. The highest BCUT2D eigenvalue weighted by atomic mass is 28.4. The predicted octanol–water partition coefficient (Wildman–Crippen LogP) is 3.15. The first kappa shape index (κ1) is 21.9. The van der Waals surface area contributed by atoms with Gasteiger partial charge in [0.2, 0.25) is 5.91 Å². The summed E-state index contributed by atoms with van der Waals surface area (Å²) in [4.78, 5) is 24.7. The standard InChI is InChI=1S/C16H34N2O4Si/c1-11(2)17-14(19)12(3)13(10-18(7)15(20)21)22-23(8,9)16(4,5)6/h11-13H,10H2,1-9H3,(H,17,19)(H,20,21)/t12-,13+/m1/s1. The second kappa shape index (κ2) is 8.15. The molecule has 0 aromatic heterocycles. The molecule has 0 aliphatic heterocycles. The molecule has 0 aromatic rings. The molecule has 0 aliphatic rings. The fraction of sp³-hybridized carbons (Fsp3) is 0.875. The average molecular weight is 347 g/mol. The number of carbonyl (C=O) groups is 2. The van der Waals surface area contributed by atoms with E-state index in [1.54, 1.807) is 6.92 Å². The van der Waals surface area contributed by atoms with Gasteiger partial charge in [-0.2, -0.15) is 0 Å². The summed E-state index contributed by atoms with van der Waals surface area (Å²) in [7, 11) is -0.620. The Morgan fingerprint density at radius 1 is 1.22 bits per heavy atom. The van der Waals surface area contributed by atoms with Crippen LogP contribution in [-0.2, 0) is 9.22 Å². The van der Waals surface area contributed by atoms with Gasteiger partial charge in [0, 0.05) is 19.6 Å². The zero-order valence-corrected chi connectivity index (χ0v) is 17.1. The molecule has 0 unspecified atom stereocenters. The van der Waals surface area contributed by atoms with Crippen molar-refractivity contribution in [2.75, 3.05) is 13.6 Å². The summed E-state index contributed by atoms with van der Waals surface area (Å²) in [5, 5.41) is 12.0. The van der Waals surface area contributed by atoms with E-state index in [1.807, 2.05) is 13.8 Å². The minimum Gasteiger partial charge on any atom is -0.465 e. The molecule has 2 amide bonds. The number of hydrogen-bond acceptors (Lipinski definition) is 3. The summed E-state index contributed by atoms with van der Waals surface area (Å²) < 4.78 is 6.36. The fourth-order valence-corrected chi connectivity index (χ4v) is 3.17. The minimum absolute atomic E-state index is 0.0126. The van der Waals surface area contributed by atoms with Gasteiger partial charge in [0.15, 0.2) is 8.32 Å². The second-order valence-electron chi connectivity index (χ2n) is 8.03.